The van der Waals surface area contributed by atoms with Gasteiger partial charge in [-0.3, -0.25) is 14.9 Å². The first-order valence-electron chi connectivity index (χ1n) is 6.79. The second kappa shape index (κ2) is 5.90. The van der Waals surface area contributed by atoms with E-state index >= 15 is 0 Å². The summed E-state index contributed by atoms with van der Waals surface area (Å²) < 4.78 is 0. The van der Waals surface area contributed by atoms with Crippen molar-refractivity contribution in [3.05, 3.63) is 33.9 Å². The van der Waals surface area contributed by atoms with Crippen LogP contribution in [-0.2, 0) is 0 Å². The summed E-state index contributed by atoms with van der Waals surface area (Å²) >= 11 is 0. The second-order valence-corrected chi connectivity index (χ2v) is 5.18. The van der Waals surface area contributed by atoms with E-state index in [0.29, 0.717) is 30.3 Å². The molecule has 20 heavy (non-hydrogen) atoms. The molecule has 1 heterocycles. The first kappa shape index (κ1) is 14.3. The Bertz CT molecular complexity index is 522. The molecule has 0 aromatic heterocycles. The molecule has 6 heteroatoms. The summed E-state index contributed by atoms with van der Waals surface area (Å²) in [5.74, 6) is 0.498. The molecule has 0 unspecified atom stereocenters. The fourth-order valence-electron chi connectivity index (χ4n) is 2.52. The number of hydrogen-bond donors (Lipinski definition) is 1. The zero-order valence-corrected chi connectivity index (χ0v) is 11.8. The molecule has 0 bridgehead atoms. The summed E-state index contributed by atoms with van der Waals surface area (Å²) in [4.78, 5) is 24.8. The zero-order chi connectivity index (χ0) is 14.7. The summed E-state index contributed by atoms with van der Waals surface area (Å²) in [5, 5.41) is 13.8. The standard InChI is InChI=1S/C14H19N3O3/c1-10-6-8-16(9-7-10)14(18)11-4-3-5-12(17(19)20)13(11)15-2/h3-5,10,15H,6-9H2,1-2H3. The number of benzene rings is 1. The van der Waals surface area contributed by atoms with E-state index in [4.69, 9.17) is 0 Å². The Balaban J connectivity index is 2.30. The van der Waals surface area contributed by atoms with Crippen molar-refractivity contribution in [2.45, 2.75) is 19.8 Å². The Morgan fingerprint density at radius 1 is 1.40 bits per heavy atom. The number of nitro groups is 1. The van der Waals surface area contributed by atoms with Crippen molar-refractivity contribution in [1.82, 2.24) is 4.90 Å². The predicted octanol–water partition coefficient (Wildman–Crippen LogP) is 2.51. The van der Waals surface area contributed by atoms with E-state index in [0.717, 1.165) is 12.8 Å². The van der Waals surface area contributed by atoms with Crippen molar-refractivity contribution in [1.29, 1.82) is 0 Å². The fraction of sp³-hybridized carbons (Fsp3) is 0.500. The predicted molar refractivity (Wildman–Crippen MR) is 76.9 cm³/mol. The monoisotopic (exact) mass is 277 g/mol. The van der Waals surface area contributed by atoms with E-state index in [1.807, 2.05) is 0 Å². The van der Waals surface area contributed by atoms with Gasteiger partial charge in [0.1, 0.15) is 5.69 Å². The molecule has 0 atom stereocenters. The van der Waals surface area contributed by atoms with E-state index in [2.05, 4.69) is 12.2 Å². The molecule has 1 saturated heterocycles. The number of para-hydroxylation sites is 1. The van der Waals surface area contributed by atoms with Gasteiger partial charge in [-0.15, -0.1) is 0 Å². The van der Waals surface area contributed by atoms with Gasteiger partial charge in [0.15, 0.2) is 0 Å². The molecule has 108 valence electrons. The molecule has 1 amide bonds. The van der Waals surface area contributed by atoms with Crippen LogP contribution in [-0.4, -0.2) is 35.9 Å². The number of nitrogens with one attached hydrogen (secondary N) is 1. The number of rotatable bonds is 3. The third-order valence-corrected chi connectivity index (χ3v) is 3.79. The maximum atomic E-state index is 12.5. The number of nitro benzene ring substituents is 1. The highest BCUT2D eigenvalue weighted by Gasteiger charge is 2.26. The molecule has 0 saturated carbocycles. The lowest BCUT2D eigenvalue weighted by atomic mass is 9.98. The first-order chi connectivity index (χ1) is 9.54. The molecule has 1 aliphatic rings. The van der Waals surface area contributed by atoms with Crippen molar-refractivity contribution in [3.8, 4) is 0 Å². The molecule has 1 fully saturated rings. The smallest absolute Gasteiger partial charge is 0.293 e. The molecule has 6 nitrogen and oxygen atoms in total. The molecule has 1 aromatic carbocycles. The number of hydrogen-bond acceptors (Lipinski definition) is 4. The summed E-state index contributed by atoms with van der Waals surface area (Å²) in [6.07, 6.45) is 1.96. The van der Waals surface area contributed by atoms with Gasteiger partial charge in [-0.1, -0.05) is 13.0 Å². The van der Waals surface area contributed by atoms with Crippen LogP contribution in [0.25, 0.3) is 0 Å². The minimum atomic E-state index is -0.471. The number of amides is 1. The Labute approximate surface area is 117 Å². The van der Waals surface area contributed by atoms with E-state index in [-0.39, 0.29) is 11.6 Å². The Kier molecular flexibility index (Phi) is 4.22. The summed E-state index contributed by atoms with van der Waals surface area (Å²) in [6, 6.07) is 4.60. The maximum Gasteiger partial charge on any atom is 0.293 e. The van der Waals surface area contributed by atoms with Gasteiger partial charge < -0.3 is 10.2 Å². The number of anilines is 1. The highest BCUT2D eigenvalue weighted by molar-refractivity contribution is 6.01. The highest BCUT2D eigenvalue weighted by atomic mass is 16.6. The van der Waals surface area contributed by atoms with Gasteiger partial charge in [-0.2, -0.15) is 0 Å². The summed E-state index contributed by atoms with van der Waals surface area (Å²) in [7, 11) is 1.59. The zero-order valence-electron chi connectivity index (χ0n) is 11.8. The number of carbonyl (C=O) groups is 1. The van der Waals surface area contributed by atoms with Crippen molar-refractivity contribution < 1.29 is 9.72 Å². The van der Waals surface area contributed by atoms with Gasteiger partial charge >= 0.3 is 0 Å². The SMILES string of the molecule is CNc1c(C(=O)N2CCC(C)CC2)cccc1[N+](=O)[O-]. The van der Waals surface area contributed by atoms with Crippen LogP contribution in [0.15, 0.2) is 18.2 Å². The summed E-state index contributed by atoms with van der Waals surface area (Å²) in [5.41, 5.74) is 0.598. The molecule has 1 aliphatic heterocycles. The minimum absolute atomic E-state index is 0.0660. The lowest BCUT2D eigenvalue weighted by molar-refractivity contribution is -0.384. The minimum Gasteiger partial charge on any atom is -0.382 e. The normalized spacial score (nSPS) is 16.0. The average Bonchev–Trinajstić information content (AvgIpc) is 2.46. The van der Waals surface area contributed by atoms with Gasteiger partial charge in [0.25, 0.3) is 11.6 Å². The molecule has 0 radical (unpaired) electrons. The molecular formula is C14H19N3O3. The number of piperidine rings is 1. The Hall–Kier alpha value is -2.11. The van der Waals surface area contributed by atoms with Crippen LogP contribution in [0.5, 0.6) is 0 Å². The van der Waals surface area contributed by atoms with Crippen LogP contribution >= 0.6 is 0 Å². The lowest BCUT2D eigenvalue weighted by Crippen LogP contribution is -2.38. The fourth-order valence-corrected chi connectivity index (χ4v) is 2.52. The quantitative estimate of drug-likeness (QED) is 0.680. The molecular weight excluding hydrogens is 258 g/mol. The Morgan fingerprint density at radius 3 is 2.60 bits per heavy atom. The Morgan fingerprint density at radius 2 is 2.05 bits per heavy atom. The number of likely N-dealkylation sites (tertiary alicyclic amines) is 1. The van der Waals surface area contributed by atoms with Gasteiger partial charge in [0, 0.05) is 26.2 Å². The first-order valence-corrected chi connectivity index (χ1v) is 6.79. The molecule has 0 aliphatic carbocycles. The van der Waals surface area contributed by atoms with Crippen molar-refractivity contribution >= 4 is 17.3 Å². The maximum absolute atomic E-state index is 12.5. The molecule has 2 rings (SSSR count). The van der Waals surface area contributed by atoms with Crippen LogP contribution < -0.4 is 5.32 Å². The van der Waals surface area contributed by atoms with Gasteiger partial charge in [-0.25, -0.2) is 0 Å². The third kappa shape index (κ3) is 2.74. The van der Waals surface area contributed by atoms with Crippen LogP contribution in [0.1, 0.15) is 30.1 Å². The van der Waals surface area contributed by atoms with Gasteiger partial charge in [-0.05, 0) is 24.8 Å². The molecule has 1 aromatic rings. The van der Waals surface area contributed by atoms with Gasteiger partial charge in [0.2, 0.25) is 0 Å². The number of nitrogens with zero attached hydrogens (tertiary/aromatic N) is 2. The lowest BCUT2D eigenvalue weighted by Gasteiger charge is -2.30. The molecule has 0 spiro atoms. The summed E-state index contributed by atoms with van der Waals surface area (Å²) in [6.45, 7) is 3.60. The second-order valence-electron chi connectivity index (χ2n) is 5.18. The molecule has 1 N–H and O–H groups in total. The van der Waals surface area contributed by atoms with Crippen molar-refractivity contribution in [2.24, 2.45) is 5.92 Å². The average molecular weight is 277 g/mol. The van der Waals surface area contributed by atoms with E-state index in [1.165, 1.54) is 6.07 Å². The van der Waals surface area contributed by atoms with Crippen LogP contribution in [0, 0.1) is 16.0 Å². The van der Waals surface area contributed by atoms with E-state index in [9.17, 15) is 14.9 Å². The van der Waals surface area contributed by atoms with Gasteiger partial charge in [0.05, 0.1) is 10.5 Å². The largest absolute Gasteiger partial charge is 0.382 e. The topological polar surface area (TPSA) is 75.5 Å². The van der Waals surface area contributed by atoms with Crippen LogP contribution in [0.3, 0.4) is 0 Å². The third-order valence-electron chi connectivity index (χ3n) is 3.79. The van der Waals surface area contributed by atoms with Crippen molar-refractivity contribution in [2.75, 3.05) is 25.5 Å². The van der Waals surface area contributed by atoms with Crippen LogP contribution in [0.2, 0.25) is 0 Å². The highest BCUT2D eigenvalue weighted by Crippen LogP contribution is 2.29. The van der Waals surface area contributed by atoms with E-state index in [1.54, 1.807) is 24.1 Å². The number of carbonyl (C=O) groups excluding carboxylic acids is 1. The van der Waals surface area contributed by atoms with E-state index < -0.39 is 4.92 Å². The van der Waals surface area contributed by atoms with Crippen molar-refractivity contribution in [3.63, 3.8) is 0 Å². The van der Waals surface area contributed by atoms with Crippen LogP contribution in [0.4, 0.5) is 11.4 Å².